The van der Waals surface area contributed by atoms with Gasteiger partial charge in [0.25, 0.3) is 0 Å². The molecule has 0 atom stereocenters. The summed E-state index contributed by atoms with van der Waals surface area (Å²) in [5, 5.41) is 5.00. The van der Waals surface area contributed by atoms with Crippen molar-refractivity contribution >= 4 is 39.7 Å². The first kappa shape index (κ1) is 14.5. The van der Waals surface area contributed by atoms with Gasteiger partial charge in [-0.15, -0.1) is 0 Å². The third-order valence-corrected chi connectivity index (χ3v) is 4.41. The summed E-state index contributed by atoms with van der Waals surface area (Å²) < 4.78 is 7.39. The zero-order valence-corrected chi connectivity index (χ0v) is 13.7. The Morgan fingerprint density at radius 2 is 1.71 bits per heavy atom. The Morgan fingerprint density at radius 3 is 2.46 bits per heavy atom. The lowest BCUT2D eigenvalue weighted by Crippen LogP contribution is -2.12. The van der Waals surface area contributed by atoms with Gasteiger partial charge >= 0.3 is 0 Å². The quantitative estimate of drug-likeness (QED) is 0.519. The summed E-state index contributed by atoms with van der Waals surface area (Å²) in [6.45, 7) is 0. The molecule has 0 fully saturated rings. The van der Waals surface area contributed by atoms with Crippen molar-refractivity contribution in [1.29, 1.82) is 0 Å². The molecule has 0 unspecified atom stereocenters. The van der Waals surface area contributed by atoms with E-state index >= 15 is 0 Å². The van der Waals surface area contributed by atoms with Crippen molar-refractivity contribution < 1.29 is 4.74 Å². The molecule has 1 aromatic heterocycles. The largest absolute Gasteiger partial charge is 0.497 e. The van der Waals surface area contributed by atoms with Crippen LogP contribution >= 0.6 is 0 Å². The minimum Gasteiger partial charge on any atom is -0.497 e. The van der Waals surface area contributed by atoms with Crippen LogP contribution in [0.2, 0.25) is 0 Å². The molecule has 24 heavy (non-hydrogen) atoms. The third kappa shape index (κ3) is 2.35. The number of aryl methyl sites for hydroxylation is 1. The molecule has 3 heteroatoms. The number of hydrogen-bond acceptors (Lipinski definition) is 2. The van der Waals surface area contributed by atoms with E-state index in [1.807, 2.05) is 30.5 Å². The molecule has 3 aromatic carbocycles. The van der Waals surface area contributed by atoms with E-state index in [9.17, 15) is 0 Å². The third-order valence-electron chi connectivity index (χ3n) is 4.41. The summed E-state index contributed by atoms with van der Waals surface area (Å²) in [4.78, 5) is 4.52. The molecule has 3 nitrogen and oxygen atoms in total. The fraction of sp³-hybridized carbons (Fsp3) is 0.0952. The van der Waals surface area contributed by atoms with E-state index in [0.29, 0.717) is 0 Å². The monoisotopic (exact) mass is 314 g/mol. The van der Waals surface area contributed by atoms with Gasteiger partial charge in [0.15, 0.2) is 0 Å². The number of nitrogens with zero attached hydrogens (tertiary/aromatic N) is 2. The molecule has 0 amide bonds. The van der Waals surface area contributed by atoms with Gasteiger partial charge in [-0.3, -0.25) is 4.99 Å². The molecule has 4 rings (SSSR count). The Labute approximate surface area is 140 Å². The highest BCUT2D eigenvalue weighted by molar-refractivity contribution is 6.11. The predicted octanol–water partition coefficient (Wildman–Crippen LogP) is 4.24. The number of benzene rings is 3. The minimum absolute atomic E-state index is 0.838. The average molecular weight is 314 g/mol. The lowest BCUT2D eigenvalue weighted by molar-refractivity contribution is 0.415. The van der Waals surface area contributed by atoms with E-state index in [-0.39, 0.29) is 0 Å². The average Bonchev–Trinajstić information content (AvgIpc) is 2.90. The van der Waals surface area contributed by atoms with Crippen LogP contribution in [0, 0.1) is 0 Å². The SMILES string of the molecule is COc1ccc(N=C/C=c2\c3cccc4cccc(c43)n2C)cc1. The maximum atomic E-state index is 5.17. The Hall–Kier alpha value is -3.07. The predicted molar refractivity (Wildman–Crippen MR) is 101 cm³/mol. The summed E-state index contributed by atoms with van der Waals surface area (Å²) in [6.07, 6.45) is 3.93. The van der Waals surface area contributed by atoms with Crippen LogP contribution in [0.15, 0.2) is 65.7 Å². The molecule has 0 N–H and O–H groups in total. The molecule has 0 aliphatic rings. The Balaban J connectivity index is 1.81. The van der Waals surface area contributed by atoms with Crippen LogP contribution in [0.3, 0.4) is 0 Å². The molecule has 118 valence electrons. The first-order valence-electron chi connectivity index (χ1n) is 7.92. The highest BCUT2D eigenvalue weighted by Crippen LogP contribution is 2.24. The van der Waals surface area contributed by atoms with Crippen molar-refractivity contribution in [2.75, 3.05) is 7.11 Å². The second kappa shape index (κ2) is 5.85. The normalized spacial score (nSPS) is 12.7. The lowest BCUT2D eigenvalue weighted by Gasteiger charge is -1.98. The number of methoxy groups -OCH3 is 1. The molecule has 4 aromatic rings. The Morgan fingerprint density at radius 1 is 0.958 bits per heavy atom. The maximum absolute atomic E-state index is 5.17. The molecule has 0 saturated heterocycles. The van der Waals surface area contributed by atoms with E-state index in [4.69, 9.17) is 4.74 Å². The van der Waals surface area contributed by atoms with E-state index < -0.39 is 0 Å². The van der Waals surface area contributed by atoms with E-state index in [1.165, 1.54) is 27.0 Å². The van der Waals surface area contributed by atoms with Gasteiger partial charge in [-0.25, -0.2) is 0 Å². The molecule has 0 aliphatic heterocycles. The fourth-order valence-electron chi connectivity index (χ4n) is 3.19. The highest BCUT2D eigenvalue weighted by atomic mass is 16.5. The highest BCUT2D eigenvalue weighted by Gasteiger charge is 2.07. The molecule has 0 aliphatic carbocycles. The zero-order chi connectivity index (χ0) is 16.5. The second-order valence-corrected chi connectivity index (χ2v) is 5.77. The summed E-state index contributed by atoms with van der Waals surface area (Å²) in [7, 11) is 3.76. The molecule has 1 heterocycles. The van der Waals surface area contributed by atoms with Gasteiger partial charge in [-0.05, 0) is 41.8 Å². The van der Waals surface area contributed by atoms with Crippen molar-refractivity contribution in [3.63, 3.8) is 0 Å². The van der Waals surface area contributed by atoms with Crippen molar-refractivity contribution in [3.8, 4) is 5.75 Å². The van der Waals surface area contributed by atoms with Gasteiger partial charge < -0.3 is 9.30 Å². The van der Waals surface area contributed by atoms with Crippen molar-refractivity contribution in [2.24, 2.45) is 12.0 Å². The van der Waals surface area contributed by atoms with Crippen molar-refractivity contribution in [3.05, 3.63) is 66.0 Å². The van der Waals surface area contributed by atoms with Crippen LogP contribution in [0.5, 0.6) is 5.75 Å². The topological polar surface area (TPSA) is 26.5 Å². The number of ether oxygens (including phenoxy) is 1. The number of aliphatic imine (C=N–C) groups is 1. The van der Waals surface area contributed by atoms with Gasteiger partial charge in [-0.1, -0.05) is 30.3 Å². The summed E-state index contributed by atoms with van der Waals surface area (Å²) in [6, 6.07) is 20.6. The standard InChI is InChI=1S/C21H18N2O/c1-23-19(13-14-22-16-9-11-17(24-2)12-10-16)18-7-3-5-15-6-4-8-20(23)21(15)18/h3-14H,1-2H3/b19-13+,22-14?. The van der Waals surface area contributed by atoms with Gasteiger partial charge in [-0.2, -0.15) is 0 Å². The molecule has 0 radical (unpaired) electrons. The number of hydrogen-bond donors (Lipinski definition) is 0. The van der Waals surface area contributed by atoms with Crippen LogP contribution in [-0.2, 0) is 7.05 Å². The first-order valence-corrected chi connectivity index (χ1v) is 7.92. The minimum atomic E-state index is 0.838. The Kier molecular flexibility index (Phi) is 3.54. The molecular formula is C21H18N2O. The summed E-state index contributed by atoms with van der Waals surface area (Å²) in [5.74, 6) is 0.838. The van der Waals surface area contributed by atoms with Gasteiger partial charge in [0.05, 0.1) is 18.1 Å². The number of aromatic nitrogens is 1. The van der Waals surface area contributed by atoms with Crippen molar-refractivity contribution in [2.45, 2.75) is 0 Å². The van der Waals surface area contributed by atoms with Crippen LogP contribution in [0.1, 0.15) is 0 Å². The van der Waals surface area contributed by atoms with E-state index in [0.717, 1.165) is 11.4 Å². The van der Waals surface area contributed by atoms with Crippen LogP contribution in [-0.4, -0.2) is 17.9 Å². The summed E-state index contributed by atoms with van der Waals surface area (Å²) >= 11 is 0. The first-order chi connectivity index (χ1) is 11.8. The van der Waals surface area contributed by atoms with Gasteiger partial charge in [0, 0.05) is 29.6 Å². The van der Waals surface area contributed by atoms with Crippen LogP contribution in [0.25, 0.3) is 27.8 Å². The maximum Gasteiger partial charge on any atom is 0.119 e. The van der Waals surface area contributed by atoms with E-state index in [2.05, 4.69) is 59.1 Å². The molecule has 0 spiro atoms. The summed E-state index contributed by atoms with van der Waals surface area (Å²) in [5.41, 5.74) is 2.15. The molecular weight excluding hydrogens is 296 g/mol. The number of rotatable bonds is 3. The lowest BCUT2D eigenvalue weighted by atomic mass is 10.1. The zero-order valence-electron chi connectivity index (χ0n) is 13.7. The van der Waals surface area contributed by atoms with E-state index in [1.54, 1.807) is 7.11 Å². The fourth-order valence-corrected chi connectivity index (χ4v) is 3.19. The molecule has 0 saturated carbocycles. The van der Waals surface area contributed by atoms with Crippen LogP contribution < -0.4 is 10.1 Å². The van der Waals surface area contributed by atoms with Crippen LogP contribution in [0.4, 0.5) is 5.69 Å². The smallest absolute Gasteiger partial charge is 0.119 e. The van der Waals surface area contributed by atoms with Gasteiger partial charge in [0.2, 0.25) is 0 Å². The Bertz CT molecular complexity index is 1080. The van der Waals surface area contributed by atoms with Gasteiger partial charge in [0.1, 0.15) is 5.75 Å². The second-order valence-electron chi connectivity index (χ2n) is 5.77. The molecule has 0 bridgehead atoms. The van der Waals surface area contributed by atoms with Crippen molar-refractivity contribution in [1.82, 2.24) is 4.57 Å².